The molecule has 4 nitrogen and oxygen atoms in total. The first kappa shape index (κ1) is 18.7. The van der Waals surface area contributed by atoms with Crippen molar-refractivity contribution in [1.82, 2.24) is 4.98 Å². The standard InChI is InChI=1S/C17H14Cl3NO3/c1-8-4-10(3)11(5-9(8)2)13(22)7-24-17(23)16-15(20)14(19)12(18)6-21-16/h4-6H,7H2,1-3H3. The molecule has 7 heteroatoms. The van der Waals surface area contributed by atoms with Crippen LogP contribution in [0.1, 0.15) is 37.5 Å². The summed E-state index contributed by atoms with van der Waals surface area (Å²) in [6.45, 7) is 5.30. The number of carbonyl (C=O) groups excluding carboxylic acids is 2. The molecule has 0 amide bonds. The molecule has 0 spiro atoms. The lowest BCUT2D eigenvalue weighted by Gasteiger charge is -2.10. The van der Waals surface area contributed by atoms with Gasteiger partial charge in [-0.15, -0.1) is 0 Å². The van der Waals surface area contributed by atoms with E-state index in [9.17, 15) is 9.59 Å². The zero-order valence-electron chi connectivity index (χ0n) is 13.2. The van der Waals surface area contributed by atoms with Gasteiger partial charge in [-0.25, -0.2) is 9.78 Å². The van der Waals surface area contributed by atoms with E-state index in [1.54, 1.807) is 6.07 Å². The molecule has 0 unspecified atom stereocenters. The summed E-state index contributed by atoms with van der Waals surface area (Å²) in [5.74, 6) is -1.14. The van der Waals surface area contributed by atoms with Gasteiger partial charge in [0.1, 0.15) is 0 Å². The number of pyridine rings is 1. The Balaban J connectivity index is 2.14. The summed E-state index contributed by atoms with van der Waals surface area (Å²) < 4.78 is 5.01. The number of ketones is 1. The van der Waals surface area contributed by atoms with Crippen LogP contribution in [0.2, 0.25) is 15.1 Å². The van der Waals surface area contributed by atoms with Gasteiger partial charge in [0.15, 0.2) is 12.3 Å². The number of hydrogen-bond acceptors (Lipinski definition) is 4. The zero-order chi connectivity index (χ0) is 18.0. The van der Waals surface area contributed by atoms with Crippen molar-refractivity contribution in [2.45, 2.75) is 20.8 Å². The van der Waals surface area contributed by atoms with E-state index < -0.39 is 12.6 Å². The van der Waals surface area contributed by atoms with Crippen LogP contribution in [0.25, 0.3) is 0 Å². The van der Waals surface area contributed by atoms with Gasteiger partial charge in [0.05, 0.1) is 15.1 Å². The molecule has 0 saturated carbocycles. The van der Waals surface area contributed by atoms with Crippen LogP contribution in [0.3, 0.4) is 0 Å². The van der Waals surface area contributed by atoms with Gasteiger partial charge in [-0.3, -0.25) is 4.79 Å². The molecule has 2 aromatic rings. The summed E-state index contributed by atoms with van der Waals surface area (Å²) in [6, 6.07) is 3.70. The maximum absolute atomic E-state index is 12.3. The Kier molecular flexibility index (Phi) is 5.86. The predicted molar refractivity (Wildman–Crippen MR) is 94.5 cm³/mol. The molecule has 0 aliphatic rings. The van der Waals surface area contributed by atoms with E-state index in [0.29, 0.717) is 5.56 Å². The maximum atomic E-state index is 12.3. The van der Waals surface area contributed by atoms with Crippen LogP contribution in [0.5, 0.6) is 0 Å². The van der Waals surface area contributed by atoms with E-state index in [-0.39, 0.29) is 26.5 Å². The van der Waals surface area contributed by atoms with Gasteiger partial charge in [0.2, 0.25) is 5.78 Å². The Hall–Kier alpha value is -1.62. The Morgan fingerprint density at radius 3 is 2.29 bits per heavy atom. The van der Waals surface area contributed by atoms with Gasteiger partial charge in [-0.05, 0) is 43.5 Å². The van der Waals surface area contributed by atoms with Crippen LogP contribution in [0.4, 0.5) is 0 Å². The minimum Gasteiger partial charge on any atom is -0.453 e. The van der Waals surface area contributed by atoms with Crippen LogP contribution >= 0.6 is 34.8 Å². The fraction of sp³-hybridized carbons (Fsp3) is 0.235. The molecule has 0 bridgehead atoms. The molecule has 24 heavy (non-hydrogen) atoms. The number of nitrogens with zero attached hydrogens (tertiary/aromatic N) is 1. The monoisotopic (exact) mass is 385 g/mol. The molecule has 0 aliphatic carbocycles. The second-order valence-electron chi connectivity index (χ2n) is 5.33. The van der Waals surface area contributed by atoms with Gasteiger partial charge < -0.3 is 4.74 Å². The summed E-state index contributed by atoms with van der Waals surface area (Å²) >= 11 is 17.5. The highest BCUT2D eigenvalue weighted by atomic mass is 35.5. The Morgan fingerprint density at radius 2 is 1.62 bits per heavy atom. The fourth-order valence-corrected chi connectivity index (χ4v) is 2.68. The normalized spacial score (nSPS) is 10.6. The van der Waals surface area contributed by atoms with Crippen LogP contribution in [-0.4, -0.2) is 23.3 Å². The number of carbonyl (C=O) groups is 2. The van der Waals surface area contributed by atoms with Crippen molar-refractivity contribution in [3.05, 3.63) is 61.3 Å². The van der Waals surface area contributed by atoms with Crippen molar-refractivity contribution in [2.75, 3.05) is 6.61 Å². The zero-order valence-corrected chi connectivity index (χ0v) is 15.5. The SMILES string of the molecule is Cc1cc(C)c(C(=O)COC(=O)c2ncc(Cl)c(Cl)c2Cl)cc1C. The minimum atomic E-state index is -0.839. The molecule has 2 rings (SSSR count). The lowest BCUT2D eigenvalue weighted by atomic mass is 9.98. The summed E-state index contributed by atoms with van der Waals surface area (Å²) in [5.41, 5.74) is 3.23. The van der Waals surface area contributed by atoms with Crippen LogP contribution in [0.15, 0.2) is 18.3 Å². The first-order chi connectivity index (χ1) is 11.2. The van der Waals surface area contributed by atoms with E-state index in [1.807, 2.05) is 26.8 Å². The molecule has 1 aromatic heterocycles. The highest BCUT2D eigenvalue weighted by Crippen LogP contribution is 2.31. The third kappa shape index (κ3) is 3.89. The average Bonchev–Trinajstić information content (AvgIpc) is 2.53. The molecule has 0 saturated heterocycles. The maximum Gasteiger partial charge on any atom is 0.358 e. The average molecular weight is 387 g/mol. The van der Waals surface area contributed by atoms with Crippen molar-refractivity contribution >= 4 is 46.6 Å². The molecule has 126 valence electrons. The number of halogens is 3. The predicted octanol–water partition coefficient (Wildman–Crippen LogP) is 5.01. The number of ether oxygens (including phenoxy) is 1. The second-order valence-corrected chi connectivity index (χ2v) is 6.50. The molecular weight excluding hydrogens is 373 g/mol. The van der Waals surface area contributed by atoms with Crippen LogP contribution in [-0.2, 0) is 4.74 Å². The summed E-state index contributed by atoms with van der Waals surface area (Å²) in [7, 11) is 0. The van der Waals surface area contributed by atoms with Crippen molar-refractivity contribution in [3.8, 4) is 0 Å². The first-order valence-electron chi connectivity index (χ1n) is 7.00. The quantitative estimate of drug-likeness (QED) is 0.547. The number of benzene rings is 1. The number of hydrogen-bond donors (Lipinski definition) is 0. The smallest absolute Gasteiger partial charge is 0.358 e. The van der Waals surface area contributed by atoms with Crippen molar-refractivity contribution in [1.29, 1.82) is 0 Å². The van der Waals surface area contributed by atoms with Gasteiger partial charge in [-0.2, -0.15) is 0 Å². The van der Waals surface area contributed by atoms with E-state index in [4.69, 9.17) is 39.5 Å². The van der Waals surface area contributed by atoms with Crippen LogP contribution in [0, 0.1) is 20.8 Å². The number of rotatable bonds is 4. The Bertz CT molecular complexity index is 820. The minimum absolute atomic E-state index is 0.0108. The van der Waals surface area contributed by atoms with Gasteiger partial charge in [-0.1, -0.05) is 40.9 Å². The van der Waals surface area contributed by atoms with E-state index in [1.165, 1.54) is 6.20 Å². The van der Waals surface area contributed by atoms with Crippen molar-refractivity contribution in [2.24, 2.45) is 0 Å². The van der Waals surface area contributed by atoms with Crippen molar-refractivity contribution in [3.63, 3.8) is 0 Å². The largest absolute Gasteiger partial charge is 0.453 e. The van der Waals surface area contributed by atoms with E-state index in [2.05, 4.69) is 4.98 Å². The molecule has 0 radical (unpaired) electrons. The topological polar surface area (TPSA) is 56.3 Å². The first-order valence-corrected chi connectivity index (χ1v) is 8.13. The molecular formula is C17H14Cl3NO3. The molecule has 1 heterocycles. The molecule has 0 N–H and O–H groups in total. The Labute approximate surface area is 154 Å². The molecule has 0 aliphatic heterocycles. The highest BCUT2D eigenvalue weighted by Gasteiger charge is 2.20. The summed E-state index contributed by atoms with van der Waals surface area (Å²) in [6.07, 6.45) is 1.20. The molecule has 1 aromatic carbocycles. The third-order valence-corrected chi connectivity index (χ3v) is 4.83. The number of aromatic nitrogens is 1. The molecule has 0 fully saturated rings. The van der Waals surface area contributed by atoms with Crippen molar-refractivity contribution < 1.29 is 14.3 Å². The number of aryl methyl sites for hydroxylation is 3. The number of esters is 1. The van der Waals surface area contributed by atoms with E-state index in [0.717, 1.165) is 16.7 Å². The third-order valence-electron chi connectivity index (χ3n) is 3.59. The van der Waals surface area contributed by atoms with E-state index >= 15 is 0 Å². The Morgan fingerprint density at radius 1 is 1.00 bits per heavy atom. The van der Waals surface area contributed by atoms with Crippen LogP contribution < -0.4 is 0 Å². The lowest BCUT2D eigenvalue weighted by molar-refractivity contribution is 0.0469. The van der Waals surface area contributed by atoms with Gasteiger partial charge in [0.25, 0.3) is 0 Å². The number of Topliss-reactive ketones (excluding diaryl/α,β-unsaturated/α-hetero) is 1. The molecule has 0 atom stereocenters. The second kappa shape index (κ2) is 7.51. The highest BCUT2D eigenvalue weighted by molar-refractivity contribution is 6.48. The van der Waals surface area contributed by atoms with Gasteiger partial charge >= 0.3 is 5.97 Å². The lowest BCUT2D eigenvalue weighted by Crippen LogP contribution is -2.16. The summed E-state index contributed by atoms with van der Waals surface area (Å²) in [4.78, 5) is 28.1. The summed E-state index contributed by atoms with van der Waals surface area (Å²) in [5, 5.41) is 0.0284. The fourth-order valence-electron chi connectivity index (χ4n) is 2.12. The van der Waals surface area contributed by atoms with Gasteiger partial charge in [0, 0.05) is 11.8 Å².